The summed E-state index contributed by atoms with van der Waals surface area (Å²) < 4.78 is 0. The number of thiazole rings is 1. The number of nitrogens with zero attached hydrogens (tertiary/aromatic N) is 4. The molecule has 2 aromatic heterocycles. The van der Waals surface area contributed by atoms with Gasteiger partial charge in [0.2, 0.25) is 5.91 Å². The molecule has 120 valence electrons. The normalized spacial score (nSPS) is 24.4. The molecule has 0 aliphatic carbocycles. The third-order valence-electron chi connectivity index (χ3n) is 4.75. The standard InChI is InChI=1S/C17H20N4OS/c1-12-19-15(11-23-12)9-21-8-14-7-20(10-16(14)17(21)22)6-13-3-2-4-18-5-13/h2-5,11,14,16H,6-10H2,1H3/t14-,16-/m0/s1. The molecule has 1 amide bonds. The van der Waals surface area contributed by atoms with Gasteiger partial charge in [-0.2, -0.15) is 0 Å². The van der Waals surface area contributed by atoms with E-state index in [1.807, 2.05) is 24.1 Å². The fraction of sp³-hybridized carbons (Fsp3) is 0.471. The van der Waals surface area contributed by atoms with Crippen molar-refractivity contribution in [3.05, 3.63) is 46.2 Å². The van der Waals surface area contributed by atoms with E-state index in [0.717, 1.165) is 36.9 Å². The van der Waals surface area contributed by atoms with E-state index < -0.39 is 0 Å². The zero-order valence-corrected chi connectivity index (χ0v) is 14.0. The van der Waals surface area contributed by atoms with Gasteiger partial charge in [0.1, 0.15) is 0 Å². The fourth-order valence-electron chi connectivity index (χ4n) is 3.73. The largest absolute Gasteiger partial charge is 0.336 e. The summed E-state index contributed by atoms with van der Waals surface area (Å²) in [5.74, 6) is 0.916. The van der Waals surface area contributed by atoms with E-state index in [9.17, 15) is 4.79 Å². The lowest BCUT2D eigenvalue weighted by Crippen LogP contribution is -2.32. The van der Waals surface area contributed by atoms with Crippen LogP contribution in [-0.2, 0) is 17.9 Å². The summed E-state index contributed by atoms with van der Waals surface area (Å²) in [6, 6.07) is 4.06. The van der Waals surface area contributed by atoms with Crippen molar-refractivity contribution < 1.29 is 4.79 Å². The zero-order chi connectivity index (χ0) is 15.8. The molecular formula is C17H20N4OS. The van der Waals surface area contributed by atoms with E-state index >= 15 is 0 Å². The molecule has 2 aliphatic heterocycles. The summed E-state index contributed by atoms with van der Waals surface area (Å²) in [6.07, 6.45) is 3.70. The quantitative estimate of drug-likeness (QED) is 0.861. The van der Waals surface area contributed by atoms with E-state index in [4.69, 9.17) is 0 Å². The Morgan fingerprint density at radius 3 is 2.91 bits per heavy atom. The SMILES string of the molecule is Cc1nc(CN2C[C@@H]3CN(Cc4cccnc4)C[C@@H]3C2=O)cs1. The van der Waals surface area contributed by atoms with Gasteiger partial charge >= 0.3 is 0 Å². The number of carbonyl (C=O) groups excluding carboxylic acids is 1. The molecule has 2 aliphatic rings. The minimum Gasteiger partial charge on any atom is -0.336 e. The van der Waals surface area contributed by atoms with Crippen LogP contribution in [0.25, 0.3) is 0 Å². The highest BCUT2D eigenvalue weighted by atomic mass is 32.1. The van der Waals surface area contributed by atoms with Gasteiger partial charge in [0.15, 0.2) is 0 Å². The Kier molecular flexibility index (Phi) is 3.87. The first-order valence-electron chi connectivity index (χ1n) is 8.00. The molecule has 23 heavy (non-hydrogen) atoms. The minimum absolute atomic E-state index is 0.159. The molecule has 0 N–H and O–H groups in total. The van der Waals surface area contributed by atoms with E-state index in [1.165, 1.54) is 5.56 Å². The molecule has 5 nitrogen and oxygen atoms in total. The Morgan fingerprint density at radius 1 is 1.30 bits per heavy atom. The number of aryl methyl sites for hydroxylation is 1. The predicted molar refractivity (Wildman–Crippen MR) is 88.8 cm³/mol. The topological polar surface area (TPSA) is 49.3 Å². The third-order valence-corrected chi connectivity index (χ3v) is 5.57. The van der Waals surface area contributed by atoms with Crippen LogP contribution in [0.5, 0.6) is 0 Å². The average Bonchev–Trinajstić information content (AvgIpc) is 3.20. The maximum absolute atomic E-state index is 12.7. The second-order valence-corrected chi connectivity index (χ2v) is 7.56. The maximum atomic E-state index is 12.7. The molecule has 6 heteroatoms. The van der Waals surface area contributed by atoms with Gasteiger partial charge in [-0.3, -0.25) is 14.7 Å². The predicted octanol–water partition coefficient (Wildman–Crippen LogP) is 1.94. The molecule has 2 atom stereocenters. The van der Waals surface area contributed by atoms with Crippen LogP contribution in [-0.4, -0.2) is 45.3 Å². The third kappa shape index (κ3) is 3.01. The number of carbonyl (C=O) groups is 1. The molecule has 2 fully saturated rings. The van der Waals surface area contributed by atoms with Crippen LogP contribution in [0.15, 0.2) is 29.9 Å². The average molecular weight is 328 g/mol. The van der Waals surface area contributed by atoms with Crippen molar-refractivity contribution in [2.45, 2.75) is 20.0 Å². The Bertz CT molecular complexity index is 702. The highest BCUT2D eigenvalue weighted by molar-refractivity contribution is 7.09. The Labute approximate surface area is 140 Å². The molecular weight excluding hydrogens is 308 g/mol. The smallest absolute Gasteiger partial charge is 0.227 e. The van der Waals surface area contributed by atoms with Gasteiger partial charge in [-0.1, -0.05) is 6.07 Å². The van der Waals surface area contributed by atoms with Gasteiger partial charge in [-0.05, 0) is 18.6 Å². The summed E-state index contributed by atoms with van der Waals surface area (Å²) >= 11 is 1.65. The second kappa shape index (κ2) is 6.02. The van der Waals surface area contributed by atoms with E-state index in [2.05, 4.69) is 26.3 Å². The number of likely N-dealkylation sites (tertiary alicyclic amines) is 2. The summed E-state index contributed by atoms with van der Waals surface area (Å²) in [6.45, 7) is 6.29. The van der Waals surface area contributed by atoms with Crippen molar-refractivity contribution in [1.82, 2.24) is 19.8 Å². The lowest BCUT2D eigenvalue weighted by Gasteiger charge is -2.21. The van der Waals surface area contributed by atoms with E-state index in [0.29, 0.717) is 18.4 Å². The van der Waals surface area contributed by atoms with Crippen LogP contribution in [0.3, 0.4) is 0 Å². The van der Waals surface area contributed by atoms with Gasteiger partial charge in [-0.25, -0.2) is 4.98 Å². The van der Waals surface area contributed by atoms with E-state index in [-0.39, 0.29) is 5.92 Å². The van der Waals surface area contributed by atoms with Gasteiger partial charge in [0, 0.05) is 49.9 Å². The molecule has 2 saturated heterocycles. The molecule has 0 unspecified atom stereocenters. The highest BCUT2D eigenvalue weighted by Crippen LogP contribution is 2.33. The Hall–Kier alpha value is -1.79. The van der Waals surface area contributed by atoms with Crippen LogP contribution in [0.2, 0.25) is 0 Å². The molecule has 0 radical (unpaired) electrons. The molecule has 4 rings (SSSR count). The second-order valence-electron chi connectivity index (χ2n) is 6.50. The number of amides is 1. The number of aromatic nitrogens is 2. The first kappa shape index (κ1) is 14.8. The Morgan fingerprint density at radius 2 is 2.22 bits per heavy atom. The first-order chi connectivity index (χ1) is 11.2. The summed E-state index contributed by atoms with van der Waals surface area (Å²) in [7, 11) is 0. The van der Waals surface area contributed by atoms with Crippen molar-refractivity contribution in [3.63, 3.8) is 0 Å². The molecule has 4 heterocycles. The monoisotopic (exact) mass is 328 g/mol. The van der Waals surface area contributed by atoms with Gasteiger partial charge < -0.3 is 4.90 Å². The number of pyridine rings is 1. The maximum Gasteiger partial charge on any atom is 0.227 e. The van der Waals surface area contributed by atoms with E-state index in [1.54, 1.807) is 17.5 Å². The lowest BCUT2D eigenvalue weighted by atomic mass is 10.0. The summed E-state index contributed by atoms with van der Waals surface area (Å²) in [4.78, 5) is 25.7. The van der Waals surface area contributed by atoms with Gasteiger partial charge in [0.25, 0.3) is 0 Å². The van der Waals surface area contributed by atoms with Crippen molar-refractivity contribution in [1.29, 1.82) is 0 Å². The van der Waals surface area contributed by atoms with Crippen LogP contribution < -0.4 is 0 Å². The number of hydrogen-bond acceptors (Lipinski definition) is 5. The van der Waals surface area contributed by atoms with Crippen LogP contribution in [0.1, 0.15) is 16.3 Å². The van der Waals surface area contributed by atoms with Crippen molar-refractivity contribution >= 4 is 17.2 Å². The van der Waals surface area contributed by atoms with Gasteiger partial charge in [0.05, 0.1) is 23.2 Å². The Balaban J connectivity index is 1.37. The van der Waals surface area contributed by atoms with Crippen LogP contribution in [0, 0.1) is 18.8 Å². The van der Waals surface area contributed by atoms with Crippen LogP contribution in [0.4, 0.5) is 0 Å². The van der Waals surface area contributed by atoms with Crippen molar-refractivity contribution in [2.75, 3.05) is 19.6 Å². The number of fused-ring (bicyclic) bond motifs is 1. The van der Waals surface area contributed by atoms with Crippen molar-refractivity contribution in [2.24, 2.45) is 11.8 Å². The molecule has 2 aromatic rings. The number of rotatable bonds is 4. The zero-order valence-electron chi connectivity index (χ0n) is 13.2. The molecule has 0 bridgehead atoms. The first-order valence-corrected chi connectivity index (χ1v) is 8.88. The molecule has 0 saturated carbocycles. The molecule has 0 spiro atoms. The van der Waals surface area contributed by atoms with Gasteiger partial charge in [-0.15, -0.1) is 11.3 Å². The van der Waals surface area contributed by atoms with Crippen LogP contribution >= 0.6 is 11.3 Å². The lowest BCUT2D eigenvalue weighted by molar-refractivity contribution is -0.131. The highest BCUT2D eigenvalue weighted by Gasteiger charge is 2.45. The fourth-order valence-corrected chi connectivity index (χ4v) is 4.33. The summed E-state index contributed by atoms with van der Waals surface area (Å²) in [5, 5.41) is 3.13. The minimum atomic E-state index is 0.159. The number of hydrogen-bond donors (Lipinski definition) is 0. The van der Waals surface area contributed by atoms with Crippen molar-refractivity contribution in [3.8, 4) is 0 Å². The summed E-state index contributed by atoms with van der Waals surface area (Å²) in [5.41, 5.74) is 2.24. The molecule has 0 aromatic carbocycles.